The van der Waals surface area contributed by atoms with Crippen molar-refractivity contribution in [2.75, 3.05) is 19.4 Å². The normalized spacial score (nSPS) is 10.2. The first-order valence-corrected chi connectivity index (χ1v) is 5.98. The van der Waals surface area contributed by atoms with E-state index >= 15 is 0 Å². The van der Waals surface area contributed by atoms with Crippen LogP contribution in [0.25, 0.3) is 0 Å². The van der Waals surface area contributed by atoms with Crippen molar-refractivity contribution in [3.8, 4) is 0 Å². The summed E-state index contributed by atoms with van der Waals surface area (Å²) in [5, 5.41) is 12.4. The molecule has 20 heavy (non-hydrogen) atoms. The quantitative estimate of drug-likeness (QED) is 0.875. The zero-order valence-electron chi connectivity index (χ0n) is 11.5. The molecular weight excluding hydrogens is 258 g/mol. The summed E-state index contributed by atoms with van der Waals surface area (Å²) in [7, 11) is 3.35. The molecule has 0 spiro atoms. The average molecular weight is 273 g/mol. The Morgan fingerprint density at radius 1 is 1.30 bits per heavy atom. The number of benzene rings is 1. The highest BCUT2D eigenvalue weighted by Gasteiger charge is 2.13. The maximum Gasteiger partial charge on any atom is 0.277 e. The number of rotatable bonds is 3. The number of H-pyrrole nitrogens is 1. The molecule has 2 aromatic rings. The van der Waals surface area contributed by atoms with Crippen LogP contribution in [0.15, 0.2) is 24.4 Å². The molecule has 7 nitrogen and oxygen atoms in total. The molecule has 2 rings (SSSR count). The van der Waals surface area contributed by atoms with E-state index in [1.54, 1.807) is 32.3 Å². The van der Waals surface area contributed by atoms with Gasteiger partial charge in [0.1, 0.15) is 0 Å². The molecule has 1 aromatic heterocycles. The maximum atomic E-state index is 11.9. The van der Waals surface area contributed by atoms with Gasteiger partial charge in [0.15, 0.2) is 5.69 Å². The molecule has 0 aliphatic carbocycles. The summed E-state index contributed by atoms with van der Waals surface area (Å²) in [6.07, 6.45) is 1.33. The van der Waals surface area contributed by atoms with Crippen LogP contribution in [-0.4, -0.2) is 46.2 Å². The molecular formula is C13H15N5O2. The minimum absolute atomic E-state index is 0.123. The fraction of sp³-hybridized carbons (Fsp3) is 0.231. The fourth-order valence-electron chi connectivity index (χ4n) is 1.65. The van der Waals surface area contributed by atoms with E-state index in [-0.39, 0.29) is 17.5 Å². The number of amides is 2. The van der Waals surface area contributed by atoms with Crippen LogP contribution in [0.3, 0.4) is 0 Å². The van der Waals surface area contributed by atoms with Gasteiger partial charge in [-0.3, -0.25) is 9.59 Å². The van der Waals surface area contributed by atoms with E-state index in [4.69, 9.17) is 0 Å². The average Bonchev–Trinajstić information content (AvgIpc) is 2.94. The first-order chi connectivity index (χ1) is 9.49. The van der Waals surface area contributed by atoms with Crippen LogP contribution in [0, 0.1) is 6.92 Å². The van der Waals surface area contributed by atoms with Crippen molar-refractivity contribution in [3.63, 3.8) is 0 Å². The van der Waals surface area contributed by atoms with E-state index in [1.165, 1.54) is 11.1 Å². The number of carbonyl (C=O) groups excluding carboxylic acids is 2. The lowest BCUT2D eigenvalue weighted by Crippen LogP contribution is -2.22. The van der Waals surface area contributed by atoms with E-state index < -0.39 is 0 Å². The Bertz CT molecular complexity index is 634. The van der Waals surface area contributed by atoms with Gasteiger partial charge in [0.05, 0.1) is 6.20 Å². The molecule has 104 valence electrons. The Morgan fingerprint density at radius 3 is 2.65 bits per heavy atom. The Morgan fingerprint density at radius 2 is 2.05 bits per heavy atom. The molecule has 2 amide bonds. The summed E-state index contributed by atoms with van der Waals surface area (Å²) in [6, 6.07) is 5.16. The molecule has 0 unspecified atom stereocenters. The van der Waals surface area contributed by atoms with Gasteiger partial charge in [0.25, 0.3) is 11.8 Å². The predicted molar refractivity (Wildman–Crippen MR) is 73.5 cm³/mol. The smallest absolute Gasteiger partial charge is 0.277 e. The van der Waals surface area contributed by atoms with Crippen LogP contribution in [0.2, 0.25) is 0 Å². The summed E-state index contributed by atoms with van der Waals surface area (Å²) in [5.74, 6) is -0.502. The number of hydrogen-bond donors (Lipinski definition) is 2. The molecule has 0 bridgehead atoms. The highest BCUT2D eigenvalue weighted by atomic mass is 16.2. The first kappa shape index (κ1) is 13.7. The van der Waals surface area contributed by atoms with Gasteiger partial charge in [0, 0.05) is 25.3 Å². The number of nitrogens with zero attached hydrogens (tertiary/aromatic N) is 3. The van der Waals surface area contributed by atoms with Crippen molar-refractivity contribution >= 4 is 17.5 Å². The topological polar surface area (TPSA) is 91.0 Å². The SMILES string of the molecule is Cc1ccc(C(=O)N(C)C)cc1NC(=O)c1cn[nH]n1. The zero-order valence-corrected chi connectivity index (χ0v) is 11.5. The number of anilines is 1. The van der Waals surface area contributed by atoms with E-state index in [9.17, 15) is 9.59 Å². The number of aryl methyl sites for hydroxylation is 1. The van der Waals surface area contributed by atoms with Gasteiger partial charge in [0.2, 0.25) is 0 Å². The Hall–Kier alpha value is -2.70. The van der Waals surface area contributed by atoms with E-state index in [0.29, 0.717) is 11.3 Å². The molecule has 0 radical (unpaired) electrons. The Labute approximate surface area is 116 Å². The minimum atomic E-state index is -0.378. The van der Waals surface area contributed by atoms with Crippen LogP contribution in [0.4, 0.5) is 5.69 Å². The zero-order chi connectivity index (χ0) is 14.7. The van der Waals surface area contributed by atoms with Gasteiger partial charge in [-0.15, -0.1) is 0 Å². The Kier molecular flexibility index (Phi) is 3.79. The molecule has 1 heterocycles. The molecule has 1 aromatic carbocycles. The largest absolute Gasteiger partial charge is 0.345 e. The van der Waals surface area contributed by atoms with Crippen LogP contribution in [0.5, 0.6) is 0 Å². The molecule has 0 saturated carbocycles. The lowest BCUT2D eigenvalue weighted by atomic mass is 10.1. The van der Waals surface area contributed by atoms with Crippen LogP contribution >= 0.6 is 0 Å². The van der Waals surface area contributed by atoms with Gasteiger partial charge in [-0.1, -0.05) is 6.07 Å². The second-order valence-electron chi connectivity index (χ2n) is 4.54. The predicted octanol–water partition coefficient (Wildman–Crippen LogP) is 1.07. The minimum Gasteiger partial charge on any atom is -0.345 e. The second kappa shape index (κ2) is 5.52. The molecule has 2 N–H and O–H groups in total. The third-order valence-corrected chi connectivity index (χ3v) is 2.79. The lowest BCUT2D eigenvalue weighted by molar-refractivity contribution is 0.0827. The number of aromatic amines is 1. The monoisotopic (exact) mass is 273 g/mol. The second-order valence-corrected chi connectivity index (χ2v) is 4.54. The summed E-state index contributed by atoms with van der Waals surface area (Å²) in [6.45, 7) is 1.85. The number of nitrogens with one attached hydrogen (secondary N) is 2. The number of carbonyl (C=O) groups is 2. The fourth-order valence-corrected chi connectivity index (χ4v) is 1.65. The third-order valence-electron chi connectivity index (χ3n) is 2.79. The maximum absolute atomic E-state index is 11.9. The van der Waals surface area contributed by atoms with Crippen molar-refractivity contribution in [1.82, 2.24) is 20.3 Å². The van der Waals surface area contributed by atoms with Crippen LogP contribution < -0.4 is 5.32 Å². The standard InChI is InChI=1S/C13H15N5O2/c1-8-4-5-9(13(20)18(2)3)6-10(8)15-12(19)11-7-14-17-16-11/h4-7H,1-3H3,(H,15,19)(H,14,16,17). The number of aromatic nitrogens is 3. The third kappa shape index (κ3) is 2.82. The van der Waals surface area contributed by atoms with Crippen molar-refractivity contribution in [3.05, 3.63) is 41.2 Å². The van der Waals surface area contributed by atoms with Crippen molar-refractivity contribution < 1.29 is 9.59 Å². The van der Waals surface area contributed by atoms with Crippen molar-refractivity contribution in [2.45, 2.75) is 6.92 Å². The summed E-state index contributed by atoms with van der Waals surface area (Å²) in [4.78, 5) is 25.3. The van der Waals surface area contributed by atoms with E-state index in [0.717, 1.165) is 5.56 Å². The molecule has 0 fully saturated rings. The lowest BCUT2D eigenvalue weighted by Gasteiger charge is -2.13. The van der Waals surface area contributed by atoms with Crippen molar-refractivity contribution in [1.29, 1.82) is 0 Å². The molecule has 7 heteroatoms. The van der Waals surface area contributed by atoms with Gasteiger partial charge in [-0.05, 0) is 24.6 Å². The summed E-state index contributed by atoms with van der Waals surface area (Å²) >= 11 is 0. The number of hydrogen-bond acceptors (Lipinski definition) is 4. The van der Waals surface area contributed by atoms with Gasteiger partial charge in [-0.25, -0.2) is 0 Å². The molecule has 0 aliphatic heterocycles. The van der Waals surface area contributed by atoms with E-state index in [2.05, 4.69) is 20.7 Å². The van der Waals surface area contributed by atoms with Gasteiger partial charge < -0.3 is 10.2 Å². The summed E-state index contributed by atoms with van der Waals surface area (Å²) in [5.41, 5.74) is 2.13. The molecule has 0 saturated heterocycles. The van der Waals surface area contributed by atoms with Gasteiger partial charge >= 0.3 is 0 Å². The van der Waals surface area contributed by atoms with Crippen molar-refractivity contribution in [2.24, 2.45) is 0 Å². The van der Waals surface area contributed by atoms with Crippen LogP contribution in [0.1, 0.15) is 26.4 Å². The first-order valence-electron chi connectivity index (χ1n) is 5.98. The summed E-state index contributed by atoms with van der Waals surface area (Å²) < 4.78 is 0. The van der Waals surface area contributed by atoms with Gasteiger partial charge in [-0.2, -0.15) is 15.4 Å². The highest BCUT2D eigenvalue weighted by Crippen LogP contribution is 2.18. The molecule has 0 atom stereocenters. The highest BCUT2D eigenvalue weighted by molar-refractivity contribution is 6.04. The molecule has 0 aliphatic rings. The van der Waals surface area contributed by atoms with E-state index in [1.807, 2.05) is 6.92 Å². The van der Waals surface area contributed by atoms with Crippen LogP contribution in [-0.2, 0) is 0 Å². The Balaban J connectivity index is 2.25.